The quantitative estimate of drug-likeness (QED) is 0.684. The van der Waals surface area contributed by atoms with Crippen molar-refractivity contribution in [2.75, 3.05) is 32.9 Å². The Labute approximate surface area is 152 Å². The van der Waals surface area contributed by atoms with E-state index in [1.54, 1.807) is 17.0 Å². The Morgan fingerprint density at radius 2 is 1.69 bits per heavy atom. The van der Waals surface area contributed by atoms with Gasteiger partial charge >= 0.3 is 0 Å². The molecule has 1 aromatic rings. The highest BCUT2D eigenvalue weighted by molar-refractivity contribution is 5.86. The molecule has 2 rings (SSSR count). The van der Waals surface area contributed by atoms with Crippen molar-refractivity contribution < 1.29 is 23.9 Å². The van der Waals surface area contributed by atoms with E-state index in [-0.39, 0.29) is 25.4 Å². The molecule has 0 saturated carbocycles. The van der Waals surface area contributed by atoms with E-state index in [0.29, 0.717) is 32.1 Å². The van der Waals surface area contributed by atoms with Gasteiger partial charge in [-0.3, -0.25) is 25.2 Å². The van der Waals surface area contributed by atoms with Crippen molar-refractivity contribution in [1.29, 1.82) is 0 Å². The summed E-state index contributed by atoms with van der Waals surface area (Å²) in [6.45, 7) is 3.99. The number of ether oxygens (including phenoxy) is 2. The van der Waals surface area contributed by atoms with E-state index in [1.807, 2.05) is 12.1 Å². The van der Waals surface area contributed by atoms with E-state index >= 15 is 0 Å². The standard InChI is InChI=1S/C18H25N3O5/c1-2-14-3-5-15(6-4-14)26-13-17(23)20-19-16(22)7-8-18(24)21-9-11-25-12-10-21/h3-6H,2,7-13H2,1H3,(H,19,22)(H,20,23). The Morgan fingerprint density at radius 3 is 2.35 bits per heavy atom. The number of aryl methyl sites for hydroxylation is 1. The second-order valence-corrected chi connectivity index (χ2v) is 5.88. The first-order chi connectivity index (χ1) is 12.6. The van der Waals surface area contributed by atoms with Crippen molar-refractivity contribution in [3.8, 4) is 5.75 Å². The minimum atomic E-state index is -0.475. The number of hydrazine groups is 1. The zero-order valence-corrected chi connectivity index (χ0v) is 15.0. The van der Waals surface area contributed by atoms with E-state index in [1.165, 1.54) is 5.56 Å². The molecule has 1 aliphatic rings. The highest BCUT2D eigenvalue weighted by Crippen LogP contribution is 2.12. The van der Waals surface area contributed by atoms with Gasteiger partial charge in [0.1, 0.15) is 5.75 Å². The molecule has 3 amide bonds. The van der Waals surface area contributed by atoms with Crippen LogP contribution in [0.4, 0.5) is 0 Å². The smallest absolute Gasteiger partial charge is 0.276 e. The van der Waals surface area contributed by atoms with Gasteiger partial charge in [-0.05, 0) is 24.1 Å². The van der Waals surface area contributed by atoms with Crippen LogP contribution in [0.25, 0.3) is 0 Å². The fourth-order valence-electron chi connectivity index (χ4n) is 2.40. The molecule has 0 unspecified atom stereocenters. The summed E-state index contributed by atoms with van der Waals surface area (Å²) in [5, 5.41) is 0. The minimum absolute atomic E-state index is 0.00973. The van der Waals surface area contributed by atoms with Gasteiger partial charge in [-0.1, -0.05) is 19.1 Å². The van der Waals surface area contributed by atoms with Crippen LogP contribution < -0.4 is 15.6 Å². The molecule has 8 heteroatoms. The third-order valence-electron chi connectivity index (χ3n) is 3.97. The Balaban J connectivity index is 1.60. The summed E-state index contributed by atoms with van der Waals surface area (Å²) < 4.78 is 10.5. The molecule has 0 atom stereocenters. The number of hydrogen-bond donors (Lipinski definition) is 2. The molecule has 1 saturated heterocycles. The fraction of sp³-hybridized carbons (Fsp3) is 0.500. The van der Waals surface area contributed by atoms with E-state index in [0.717, 1.165) is 6.42 Å². The monoisotopic (exact) mass is 363 g/mol. The van der Waals surface area contributed by atoms with Gasteiger partial charge in [0.25, 0.3) is 5.91 Å². The van der Waals surface area contributed by atoms with Crippen molar-refractivity contribution in [3.05, 3.63) is 29.8 Å². The largest absolute Gasteiger partial charge is 0.484 e. The molecule has 1 fully saturated rings. The van der Waals surface area contributed by atoms with Crippen LogP contribution in [0.3, 0.4) is 0 Å². The van der Waals surface area contributed by atoms with E-state index in [9.17, 15) is 14.4 Å². The number of rotatable bonds is 7. The zero-order valence-electron chi connectivity index (χ0n) is 15.0. The summed E-state index contributed by atoms with van der Waals surface area (Å²) in [6, 6.07) is 7.45. The summed E-state index contributed by atoms with van der Waals surface area (Å²) in [5.74, 6) is -0.405. The molecular weight excluding hydrogens is 338 g/mol. The van der Waals surface area contributed by atoms with E-state index < -0.39 is 11.8 Å². The summed E-state index contributed by atoms with van der Waals surface area (Å²) in [6.07, 6.45) is 1.04. The van der Waals surface area contributed by atoms with Crippen LogP contribution in [0, 0.1) is 0 Å². The second kappa shape index (κ2) is 10.4. The van der Waals surface area contributed by atoms with Gasteiger partial charge in [0.2, 0.25) is 11.8 Å². The van der Waals surface area contributed by atoms with Gasteiger partial charge in [0.15, 0.2) is 6.61 Å². The molecular formula is C18H25N3O5. The molecule has 26 heavy (non-hydrogen) atoms. The van der Waals surface area contributed by atoms with Crippen LogP contribution in [-0.4, -0.2) is 55.5 Å². The van der Waals surface area contributed by atoms with Crippen LogP contribution in [0.5, 0.6) is 5.75 Å². The lowest BCUT2D eigenvalue weighted by Crippen LogP contribution is -2.44. The van der Waals surface area contributed by atoms with E-state index in [2.05, 4.69) is 17.8 Å². The molecule has 0 radical (unpaired) electrons. The van der Waals surface area contributed by atoms with Gasteiger partial charge < -0.3 is 14.4 Å². The zero-order chi connectivity index (χ0) is 18.8. The average molecular weight is 363 g/mol. The molecule has 0 bridgehead atoms. The maximum Gasteiger partial charge on any atom is 0.276 e. The SMILES string of the molecule is CCc1ccc(OCC(=O)NNC(=O)CCC(=O)N2CCOCC2)cc1. The molecule has 142 valence electrons. The summed E-state index contributed by atoms with van der Waals surface area (Å²) >= 11 is 0. The first-order valence-electron chi connectivity index (χ1n) is 8.73. The summed E-state index contributed by atoms with van der Waals surface area (Å²) in [7, 11) is 0. The van der Waals surface area contributed by atoms with Gasteiger partial charge in [-0.25, -0.2) is 0 Å². The second-order valence-electron chi connectivity index (χ2n) is 5.88. The molecule has 8 nitrogen and oxygen atoms in total. The normalized spacial score (nSPS) is 13.8. The highest BCUT2D eigenvalue weighted by atomic mass is 16.5. The molecule has 0 aromatic heterocycles. The maximum absolute atomic E-state index is 11.9. The lowest BCUT2D eigenvalue weighted by Gasteiger charge is -2.26. The van der Waals surface area contributed by atoms with Crippen molar-refractivity contribution in [2.24, 2.45) is 0 Å². The number of carbonyl (C=O) groups is 3. The van der Waals surface area contributed by atoms with Crippen LogP contribution in [0.15, 0.2) is 24.3 Å². The Morgan fingerprint density at radius 1 is 1.04 bits per heavy atom. The number of amides is 3. The number of carbonyl (C=O) groups excluding carboxylic acids is 3. The topological polar surface area (TPSA) is 97.0 Å². The average Bonchev–Trinajstić information content (AvgIpc) is 2.69. The predicted molar refractivity (Wildman–Crippen MR) is 94.2 cm³/mol. The number of benzene rings is 1. The summed E-state index contributed by atoms with van der Waals surface area (Å²) in [4.78, 5) is 37.0. The molecule has 2 N–H and O–H groups in total. The Kier molecular flexibility index (Phi) is 7.88. The fourth-order valence-corrected chi connectivity index (χ4v) is 2.40. The lowest BCUT2D eigenvalue weighted by atomic mass is 10.2. The van der Waals surface area contributed by atoms with Gasteiger partial charge in [0.05, 0.1) is 13.2 Å². The minimum Gasteiger partial charge on any atom is -0.484 e. The first kappa shape index (κ1) is 19.7. The number of nitrogens with one attached hydrogen (secondary N) is 2. The molecule has 1 aliphatic heterocycles. The third kappa shape index (κ3) is 6.72. The molecule has 0 aliphatic carbocycles. The Hall–Kier alpha value is -2.61. The Bertz CT molecular complexity index is 612. The van der Waals surface area contributed by atoms with Crippen molar-refractivity contribution >= 4 is 17.7 Å². The van der Waals surface area contributed by atoms with Crippen LogP contribution in [0.2, 0.25) is 0 Å². The predicted octanol–water partition coefficient (Wildman–Crippen LogP) is 0.414. The van der Waals surface area contributed by atoms with Crippen molar-refractivity contribution in [1.82, 2.24) is 15.8 Å². The highest BCUT2D eigenvalue weighted by Gasteiger charge is 2.17. The van der Waals surface area contributed by atoms with Gasteiger partial charge in [-0.2, -0.15) is 0 Å². The van der Waals surface area contributed by atoms with Crippen molar-refractivity contribution in [2.45, 2.75) is 26.2 Å². The third-order valence-corrected chi connectivity index (χ3v) is 3.97. The summed E-state index contributed by atoms with van der Waals surface area (Å²) in [5.41, 5.74) is 5.73. The van der Waals surface area contributed by atoms with Crippen molar-refractivity contribution in [3.63, 3.8) is 0 Å². The van der Waals surface area contributed by atoms with Crippen LogP contribution in [0.1, 0.15) is 25.3 Å². The number of morpholine rings is 1. The van der Waals surface area contributed by atoms with Gasteiger partial charge in [0, 0.05) is 25.9 Å². The lowest BCUT2D eigenvalue weighted by molar-refractivity contribution is -0.137. The molecule has 1 heterocycles. The number of hydrogen-bond acceptors (Lipinski definition) is 5. The maximum atomic E-state index is 11.9. The molecule has 1 aromatic carbocycles. The molecule has 0 spiro atoms. The van der Waals surface area contributed by atoms with E-state index in [4.69, 9.17) is 9.47 Å². The van der Waals surface area contributed by atoms with Gasteiger partial charge in [-0.15, -0.1) is 0 Å². The van der Waals surface area contributed by atoms with Crippen LogP contribution in [-0.2, 0) is 25.5 Å². The number of nitrogens with zero attached hydrogens (tertiary/aromatic N) is 1. The first-order valence-corrected chi connectivity index (χ1v) is 8.73. The van der Waals surface area contributed by atoms with Crippen LogP contribution >= 0.6 is 0 Å².